The molecule has 0 aliphatic rings. The van der Waals surface area contributed by atoms with Crippen molar-refractivity contribution in [3.63, 3.8) is 0 Å². The standard InChI is InChI=1S/C16H15FN4O2S/c1-10(15(22)18-12-7-4-3-6-11(12)17)24-16-20-19-14(21(16)2)13-8-5-9-23-13/h3-10H,1-2H3,(H,18,22). The van der Waals surface area contributed by atoms with Gasteiger partial charge in [0, 0.05) is 7.05 Å². The topological polar surface area (TPSA) is 73.0 Å². The first-order chi connectivity index (χ1) is 11.6. The SMILES string of the molecule is CC(Sc1nnc(-c2ccco2)n1C)C(=O)Nc1ccccc1F. The molecule has 2 heterocycles. The van der Waals surface area contributed by atoms with Gasteiger partial charge < -0.3 is 14.3 Å². The van der Waals surface area contributed by atoms with Crippen molar-refractivity contribution in [1.29, 1.82) is 0 Å². The third kappa shape index (κ3) is 3.33. The van der Waals surface area contributed by atoms with Crippen LogP contribution in [0.5, 0.6) is 0 Å². The number of amides is 1. The lowest BCUT2D eigenvalue weighted by molar-refractivity contribution is -0.115. The Morgan fingerprint density at radius 3 is 2.79 bits per heavy atom. The fourth-order valence-corrected chi connectivity index (χ4v) is 2.86. The summed E-state index contributed by atoms with van der Waals surface area (Å²) in [4.78, 5) is 12.2. The molecule has 1 atom stereocenters. The van der Waals surface area contributed by atoms with Gasteiger partial charge in [0.25, 0.3) is 0 Å². The van der Waals surface area contributed by atoms with Crippen LogP contribution in [0.4, 0.5) is 10.1 Å². The average molecular weight is 346 g/mol. The maximum atomic E-state index is 13.6. The van der Waals surface area contributed by atoms with Crippen LogP contribution in [0.2, 0.25) is 0 Å². The first kappa shape index (κ1) is 16.3. The van der Waals surface area contributed by atoms with Gasteiger partial charge >= 0.3 is 0 Å². The van der Waals surface area contributed by atoms with E-state index in [9.17, 15) is 9.18 Å². The molecule has 3 aromatic rings. The predicted molar refractivity (Wildman–Crippen MR) is 89.1 cm³/mol. The van der Waals surface area contributed by atoms with Gasteiger partial charge in [-0.25, -0.2) is 4.39 Å². The van der Waals surface area contributed by atoms with E-state index >= 15 is 0 Å². The summed E-state index contributed by atoms with van der Waals surface area (Å²) in [5.41, 5.74) is 0.157. The Hall–Kier alpha value is -2.61. The van der Waals surface area contributed by atoms with Crippen LogP contribution < -0.4 is 5.32 Å². The molecule has 24 heavy (non-hydrogen) atoms. The molecule has 0 spiro atoms. The first-order valence-corrected chi connectivity index (χ1v) is 8.09. The number of nitrogens with zero attached hydrogens (tertiary/aromatic N) is 3. The van der Waals surface area contributed by atoms with E-state index in [1.165, 1.54) is 23.9 Å². The van der Waals surface area contributed by atoms with Crippen molar-refractivity contribution in [3.05, 3.63) is 48.5 Å². The van der Waals surface area contributed by atoms with E-state index in [4.69, 9.17) is 4.42 Å². The second kappa shape index (κ2) is 6.88. The largest absolute Gasteiger partial charge is 0.461 e. The summed E-state index contributed by atoms with van der Waals surface area (Å²) >= 11 is 1.23. The monoisotopic (exact) mass is 346 g/mol. The molecule has 1 amide bonds. The Bertz CT molecular complexity index is 848. The maximum Gasteiger partial charge on any atom is 0.237 e. The highest BCUT2D eigenvalue weighted by molar-refractivity contribution is 8.00. The van der Waals surface area contributed by atoms with E-state index in [0.29, 0.717) is 16.7 Å². The number of hydrogen-bond donors (Lipinski definition) is 1. The van der Waals surface area contributed by atoms with Crippen LogP contribution in [0.3, 0.4) is 0 Å². The molecule has 1 unspecified atom stereocenters. The molecule has 1 aromatic carbocycles. The number of thioether (sulfide) groups is 1. The van der Waals surface area contributed by atoms with Crippen LogP contribution in [0.1, 0.15) is 6.92 Å². The van der Waals surface area contributed by atoms with Crippen molar-refractivity contribution in [2.45, 2.75) is 17.3 Å². The number of furan rings is 1. The minimum Gasteiger partial charge on any atom is -0.461 e. The van der Waals surface area contributed by atoms with Crippen LogP contribution in [-0.4, -0.2) is 25.9 Å². The zero-order valence-electron chi connectivity index (χ0n) is 13.1. The minimum absolute atomic E-state index is 0.157. The van der Waals surface area contributed by atoms with Crippen molar-refractivity contribution < 1.29 is 13.6 Å². The molecule has 1 N–H and O–H groups in total. The molecule has 3 rings (SSSR count). The molecule has 0 saturated carbocycles. The summed E-state index contributed by atoms with van der Waals surface area (Å²) in [6.07, 6.45) is 1.56. The molecule has 2 aromatic heterocycles. The van der Waals surface area contributed by atoms with Crippen LogP contribution in [-0.2, 0) is 11.8 Å². The fourth-order valence-electron chi connectivity index (χ4n) is 2.05. The van der Waals surface area contributed by atoms with Gasteiger partial charge in [0.05, 0.1) is 17.2 Å². The molecule has 0 aliphatic heterocycles. The van der Waals surface area contributed by atoms with Crippen molar-refractivity contribution in [1.82, 2.24) is 14.8 Å². The van der Waals surface area contributed by atoms with E-state index in [0.717, 1.165) is 0 Å². The van der Waals surface area contributed by atoms with E-state index < -0.39 is 11.1 Å². The summed E-state index contributed by atoms with van der Waals surface area (Å²) in [6, 6.07) is 9.59. The highest BCUT2D eigenvalue weighted by atomic mass is 32.2. The number of anilines is 1. The number of nitrogens with one attached hydrogen (secondary N) is 1. The number of carbonyl (C=O) groups excluding carboxylic acids is 1. The van der Waals surface area contributed by atoms with Gasteiger partial charge in [-0.1, -0.05) is 23.9 Å². The van der Waals surface area contributed by atoms with Crippen molar-refractivity contribution in [2.24, 2.45) is 7.05 Å². The molecule has 0 fully saturated rings. The minimum atomic E-state index is -0.475. The Balaban J connectivity index is 1.70. The third-order valence-corrected chi connectivity index (χ3v) is 4.49. The second-order valence-electron chi connectivity index (χ2n) is 5.07. The van der Waals surface area contributed by atoms with E-state index in [1.807, 2.05) is 0 Å². The van der Waals surface area contributed by atoms with Gasteiger partial charge in [-0.2, -0.15) is 0 Å². The second-order valence-corrected chi connectivity index (χ2v) is 6.38. The van der Waals surface area contributed by atoms with Crippen LogP contribution in [0.25, 0.3) is 11.6 Å². The fraction of sp³-hybridized carbons (Fsp3) is 0.188. The molecule has 124 valence electrons. The Morgan fingerprint density at radius 2 is 2.08 bits per heavy atom. The number of aromatic nitrogens is 3. The smallest absolute Gasteiger partial charge is 0.237 e. The van der Waals surface area contributed by atoms with E-state index in [2.05, 4.69) is 15.5 Å². The molecule has 0 bridgehead atoms. The zero-order valence-corrected chi connectivity index (χ0v) is 13.9. The number of hydrogen-bond acceptors (Lipinski definition) is 5. The molecule has 0 saturated heterocycles. The van der Waals surface area contributed by atoms with Crippen LogP contribution >= 0.6 is 11.8 Å². The van der Waals surface area contributed by atoms with Crippen LogP contribution in [0.15, 0.2) is 52.2 Å². The lowest BCUT2D eigenvalue weighted by Gasteiger charge is -2.12. The van der Waals surface area contributed by atoms with Gasteiger partial charge in [-0.3, -0.25) is 4.79 Å². The van der Waals surface area contributed by atoms with Gasteiger partial charge in [0.1, 0.15) is 5.82 Å². The summed E-state index contributed by atoms with van der Waals surface area (Å²) in [5, 5.41) is 10.8. The quantitative estimate of drug-likeness (QED) is 0.717. The third-order valence-electron chi connectivity index (χ3n) is 3.36. The van der Waals surface area contributed by atoms with Gasteiger partial charge in [0.15, 0.2) is 16.7 Å². The Morgan fingerprint density at radius 1 is 1.29 bits per heavy atom. The summed E-state index contributed by atoms with van der Waals surface area (Å²) in [7, 11) is 1.79. The molecular weight excluding hydrogens is 331 g/mol. The van der Waals surface area contributed by atoms with Gasteiger partial charge in [0.2, 0.25) is 5.91 Å². The lowest BCUT2D eigenvalue weighted by atomic mass is 10.3. The number of benzene rings is 1. The predicted octanol–water partition coefficient (Wildman–Crippen LogP) is 3.33. The highest BCUT2D eigenvalue weighted by Crippen LogP contribution is 2.26. The van der Waals surface area contributed by atoms with Crippen molar-refractivity contribution >= 4 is 23.4 Å². The van der Waals surface area contributed by atoms with Gasteiger partial charge in [-0.15, -0.1) is 10.2 Å². The first-order valence-electron chi connectivity index (χ1n) is 7.21. The molecular formula is C16H15FN4O2S. The molecule has 8 heteroatoms. The van der Waals surface area contributed by atoms with Gasteiger partial charge in [-0.05, 0) is 31.2 Å². The van der Waals surface area contributed by atoms with E-state index in [1.54, 1.807) is 49.1 Å². The summed E-state index contributed by atoms with van der Waals surface area (Å²) in [5.74, 6) is 0.388. The normalized spacial score (nSPS) is 12.1. The number of para-hydroxylation sites is 1. The van der Waals surface area contributed by atoms with Crippen molar-refractivity contribution in [2.75, 3.05) is 5.32 Å². The van der Waals surface area contributed by atoms with Crippen LogP contribution in [0, 0.1) is 5.82 Å². The number of rotatable bonds is 5. The van der Waals surface area contributed by atoms with E-state index in [-0.39, 0.29) is 11.6 Å². The Kier molecular flexibility index (Phi) is 4.66. The average Bonchev–Trinajstić information content (AvgIpc) is 3.20. The molecule has 0 radical (unpaired) electrons. The Labute approximate surface area is 142 Å². The summed E-state index contributed by atoms with van der Waals surface area (Å²) < 4.78 is 20.7. The summed E-state index contributed by atoms with van der Waals surface area (Å²) in [6.45, 7) is 1.72. The maximum absolute atomic E-state index is 13.6. The molecule has 6 nitrogen and oxygen atoms in total. The zero-order chi connectivity index (χ0) is 17.1. The number of carbonyl (C=O) groups is 1. The lowest BCUT2D eigenvalue weighted by Crippen LogP contribution is -2.23. The highest BCUT2D eigenvalue weighted by Gasteiger charge is 2.20. The molecule has 0 aliphatic carbocycles. The van der Waals surface area contributed by atoms with Crippen molar-refractivity contribution in [3.8, 4) is 11.6 Å². The number of halogens is 1.